The molecule has 2 aromatic carbocycles. The quantitative estimate of drug-likeness (QED) is 0.322. The summed E-state index contributed by atoms with van der Waals surface area (Å²) in [7, 11) is 0. The van der Waals surface area contributed by atoms with Crippen molar-refractivity contribution in [1.29, 1.82) is 0 Å². The fourth-order valence-electron chi connectivity index (χ4n) is 4.41. The van der Waals surface area contributed by atoms with Gasteiger partial charge in [0.05, 0.1) is 18.6 Å². The maximum Gasteiger partial charge on any atom is 0.353 e. The molecule has 35 heavy (non-hydrogen) atoms. The van der Waals surface area contributed by atoms with E-state index in [0.717, 1.165) is 16.7 Å². The van der Waals surface area contributed by atoms with E-state index in [4.69, 9.17) is 11.5 Å². The molecule has 10 nitrogen and oxygen atoms in total. The van der Waals surface area contributed by atoms with Gasteiger partial charge in [-0.1, -0.05) is 36.0 Å². The van der Waals surface area contributed by atoms with E-state index in [1.54, 1.807) is 24.3 Å². The monoisotopic (exact) mass is 497 g/mol. The minimum atomic E-state index is -1.33. The van der Waals surface area contributed by atoms with Crippen LogP contribution in [-0.2, 0) is 9.59 Å². The number of nitrogens with zero attached hydrogens (tertiary/aromatic N) is 1. The molecule has 0 spiro atoms. The molecule has 1 unspecified atom stereocenters. The number of carboxylic acid groups (broad SMARTS) is 1. The normalized spacial score (nSPS) is 20.7. The molecule has 1 saturated heterocycles. The highest BCUT2D eigenvalue weighted by Crippen LogP contribution is 2.59. The van der Waals surface area contributed by atoms with E-state index in [2.05, 4.69) is 0 Å². The van der Waals surface area contributed by atoms with E-state index in [0.29, 0.717) is 11.1 Å². The Balaban J connectivity index is 1.59. The van der Waals surface area contributed by atoms with Crippen LogP contribution >= 0.6 is 11.8 Å². The van der Waals surface area contributed by atoms with E-state index in [1.807, 2.05) is 0 Å². The van der Waals surface area contributed by atoms with Crippen LogP contribution in [0.1, 0.15) is 63.3 Å². The van der Waals surface area contributed by atoms with Crippen LogP contribution in [0.3, 0.4) is 0 Å². The Labute approximate surface area is 204 Å². The number of fused-ring (bicyclic) bond motifs is 1. The molecule has 2 aliphatic heterocycles. The van der Waals surface area contributed by atoms with Gasteiger partial charge in [-0.05, 0) is 35.4 Å². The summed E-state index contributed by atoms with van der Waals surface area (Å²) < 4.78 is 0. The van der Waals surface area contributed by atoms with Gasteiger partial charge in [0.2, 0.25) is 17.7 Å². The molecule has 11 heteroatoms. The minimum absolute atomic E-state index is 0.000836. The molecule has 7 N–H and O–H groups in total. The molecular weight excluding hydrogens is 474 g/mol. The summed E-state index contributed by atoms with van der Waals surface area (Å²) in [5.74, 6) is -3.05. The zero-order valence-electron chi connectivity index (χ0n) is 18.4. The molecule has 0 bridgehead atoms. The Morgan fingerprint density at radius 1 is 0.971 bits per heavy atom. The number of carboxylic acids is 1. The van der Waals surface area contributed by atoms with Crippen molar-refractivity contribution in [2.75, 3.05) is 0 Å². The van der Waals surface area contributed by atoms with Crippen molar-refractivity contribution in [3.63, 3.8) is 0 Å². The fourth-order valence-corrected chi connectivity index (χ4v) is 6.11. The zero-order chi connectivity index (χ0) is 25.5. The first-order valence-corrected chi connectivity index (χ1v) is 11.5. The molecule has 0 aliphatic carbocycles. The van der Waals surface area contributed by atoms with Crippen LogP contribution in [-0.4, -0.2) is 48.8 Å². The first-order valence-electron chi connectivity index (χ1n) is 10.7. The van der Waals surface area contributed by atoms with Crippen molar-refractivity contribution in [1.82, 2.24) is 4.90 Å². The highest BCUT2D eigenvalue weighted by atomic mass is 32.2. The Hall–Kier alpha value is -3.67. The molecule has 1 fully saturated rings. The Bertz CT molecular complexity index is 1280. The smallest absolute Gasteiger partial charge is 0.353 e. The topological polar surface area (TPSA) is 184 Å². The van der Waals surface area contributed by atoms with Gasteiger partial charge >= 0.3 is 5.97 Å². The van der Waals surface area contributed by atoms with E-state index in [1.165, 1.54) is 24.3 Å². The molecule has 2 aromatic rings. The molecule has 2 aliphatic rings. The second-order valence-electron chi connectivity index (χ2n) is 8.45. The third kappa shape index (κ3) is 4.53. The summed E-state index contributed by atoms with van der Waals surface area (Å²) >= 11 is 1.12. The van der Waals surface area contributed by atoms with Gasteiger partial charge in [0, 0.05) is 28.9 Å². The first kappa shape index (κ1) is 24.5. The molecule has 3 amide bonds. The highest BCUT2D eigenvalue weighted by Gasteiger charge is 2.60. The van der Waals surface area contributed by atoms with E-state index in [9.17, 15) is 34.5 Å². The van der Waals surface area contributed by atoms with Gasteiger partial charge < -0.3 is 26.8 Å². The second kappa shape index (κ2) is 9.17. The number of aliphatic hydroxyl groups excluding tert-OH is 2. The lowest BCUT2D eigenvalue weighted by atomic mass is 9.90. The van der Waals surface area contributed by atoms with Crippen LogP contribution in [0, 0.1) is 0 Å². The SMILES string of the molecule is NC(=O)c1cccc([C@@H](O)CC2=C(C(=O)O)N3C(=O)CC3(C[C@H](O)c3cccc(C(N)=O)c3)S2)c1. The van der Waals surface area contributed by atoms with Crippen LogP contribution in [0.15, 0.2) is 59.1 Å². The number of carbonyl (C=O) groups excluding carboxylic acids is 3. The van der Waals surface area contributed by atoms with Gasteiger partial charge in [-0.25, -0.2) is 4.79 Å². The van der Waals surface area contributed by atoms with Crippen LogP contribution in [0.2, 0.25) is 0 Å². The molecule has 3 atom stereocenters. The Morgan fingerprint density at radius 2 is 1.51 bits per heavy atom. The number of aliphatic hydroxyl groups is 2. The third-order valence-electron chi connectivity index (χ3n) is 6.09. The largest absolute Gasteiger partial charge is 0.477 e. The van der Waals surface area contributed by atoms with Crippen LogP contribution < -0.4 is 11.5 Å². The van der Waals surface area contributed by atoms with E-state index >= 15 is 0 Å². The van der Waals surface area contributed by atoms with Crippen molar-refractivity contribution in [2.45, 2.75) is 36.3 Å². The summed E-state index contributed by atoms with van der Waals surface area (Å²) in [4.78, 5) is 47.9. The second-order valence-corrected chi connectivity index (χ2v) is 9.91. The summed E-state index contributed by atoms with van der Waals surface area (Å²) in [6, 6.07) is 12.2. The van der Waals surface area contributed by atoms with Gasteiger partial charge in [0.25, 0.3) is 0 Å². The average Bonchev–Trinajstić information content (AvgIpc) is 3.06. The van der Waals surface area contributed by atoms with Crippen molar-refractivity contribution < 1.29 is 34.5 Å². The van der Waals surface area contributed by atoms with Crippen molar-refractivity contribution in [3.8, 4) is 0 Å². The molecule has 4 rings (SSSR count). The molecule has 0 aromatic heterocycles. The standard InChI is InChI=1S/C24H23N3O7S/c25-21(31)14-5-1-3-12(7-14)16(28)9-18-20(23(33)34)27-19(30)11-24(27,35-18)10-17(29)13-4-2-6-15(8-13)22(26)32/h1-8,16-17,28-29H,9-11H2,(H2,25,31)(H2,26,32)(H,33,34)/t16-,17-,24?/m0/s1. The number of aliphatic carboxylic acids is 1. The van der Waals surface area contributed by atoms with Crippen LogP contribution in [0.5, 0.6) is 0 Å². The average molecular weight is 498 g/mol. The van der Waals surface area contributed by atoms with Gasteiger partial charge in [-0.2, -0.15) is 0 Å². The zero-order valence-corrected chi connectivity index (χ0v) is 19.2. The van der Waals surface area contributed by atoms with Crippen LogP contribution in [0.25, 0.3) is 0 Å². The van der Waals surface area contributed by atoms with Crippen molar-refractivity contribution in [3.05, 3.63) is 81.4 Å². The van der Waals surface area contributed by atoms with E-state index in [-0.39, 0.29) is 41.0 Å². The molecule has 0 saturated carbocycles. The lowest BCUT2D eigenvalue weighted by Crippen LogP contribution is -2.59. The summed E-state index contributed by atoms with van der Waals surface area (Å²) in [5.41, 5.74) is 11.6. The van der Waals surface area contributed by atoms with Gasteiger partial charge in [0.15, 0.2) is 0 Å². The molecule has 2 heterocycles. The maximum absolute atomic E-state index is 12.5. The predicted octanol–water partition coefficient (Wildman–Crippen LogP) is 1.40. The number of β-lactam (4-membered cyclic amide) rings is 1. The lowest BCUT2D eigenvalue weighted by Gasteiger charge is -2.47. The summed E-state index contributed by atoms with van der Waals surface area (Å²) in [6.45, 7) is 0. The fraction of sp³-hybridized carbons (Fsp3) is 0.250. The Morgan fingerprint density at radius 3 is 2.00 bits per heavy atom. The van der Waals surface area contributed by atoms with Crippen molar-refractivity contribution in [2.24, 2.45) is 11.5 Å². The number of hydrogen-bond donors (Lipinski definition) is 5. The number of primary amides is 2. The van der Waals surface area contributed by atoms with Gasteiger partial charge in [0.1, 0.15) is 10.6 Å². The number of benzene rings is 2. The number of thioether (sulfide) groups is 1. The van der Waals surface area contributed by atoms with Crippen LogP contribution in [0.4, 0.5) is 0 Å². The molecule has 0 radical (unpaired) electrons. The minimum Gasteiger partial charge on any atom is -0.477 e. The van der Waals surface area contributed by atoms with E-state index < -0.39 is 40.8 Å². The van der Waals surface area contributed by atoms with Gasteiger partial charge in [-0.3, -0.25) is 19.3 Å². The molecule has 182 valence electrons. The Kier molecular flexibility index (Phi) is 6.41. The van der Waals surface area contributed by atoms with Crippen molar-refractivity contribution >= 4 is 35.5 Å². The summed E-state index contributed by atoms with van der Waals surface area (Å²) in [5, 5.41) is 31.5. The molecular formula is C24H23N3O7S. The summed E-state index contributed by atoms with van der Waals surface area (Å²) in [6.07, 6.45) is -2.39. The lowest BCUT2D eigenvalue weighted by molar-refractivity contribution is -0.152. The number of hydrogen-bond acceptors (Lipinski definition) is 7. The number of carbonyl (C=O) groups is 4. The first-order chi connectivity index (χ1) is 16.5. The maximum atomic E-state index is 12.5. The number of nitrogens with two attached hydrogens (primary N) is 2. The number of rotatable bonds is 9. The predicted molar refractivity (Wildman–Crippen MR) is 126 cm³/mol. The van der Waals surface area contributed by atoms with Gasteiger partial charge in [-0.15, -0.1) is 0 Å². The third-order valence-corrected chi connectivity index (χ3v) is 7.57. The highest BCUT2D eigenvalue weighted by molar-refractivity contribution is 8.04. The number of amides is 3.